The van der Waals surface area contributed by atoms with Gasteiger partial charge in [-0.2, -0.15) is 0 Å². The van der Waals surface area contributed by atoms with Crippen molar-refractivity contribution in [3.05, 3.63) is 131 Å². The van der Waals surface area contributed by atoms with E-state index >= 15 is 0 Å². The molecular weight excluding hydrogens is 540 g/mol. The van der Waals surface area contributed by atoms with Gasteiger partial charge in [-0.3, -0.25) is 4.79 Å². The predicted octanol–water partition coefficient (Wildman–Crippen LogP) is 6.51. The molecule has 4 aromatic rings. The Balaban J connectivity index is 1.38. The minimum Gasteiger partial charge on any atom is -0.459 e. The zero-order valence-corrected chi connectivity index (χ0v) is 24.8. The quantitative estimate of drug-likeness (QED) is 0.147. The van der Waals surface area contributed by atoms with Crippen molar-refractivity contribution in [3.8, 4) is 11.1 Å². The van der Waals surface area contributed by atoms with Gasteiger partial charge < -0.3 is 20.1 Å². The van der Waals surface area contributed by atoms with Crippen LogP contribution in [-0.4, -0.2) is 36.0 Å². The second-order valence-corrected chi connectivity index (χ2v) is 11.3. The Bertz CT molecular complexity index is 1500. The fourth-order valence-electron chi connectivity index (χ4n) is 4.45. The molecule has 4 aromatic carbocycles. The third-order valence-electron chi connectivity index (χ3n) is 6.56. The van der Waals surface area contributed by atoms with Gasteiger partial charge in [-0.05, 0) is 54.7 Å². The van der Waals surface area contributed by atoms with Crippen LogP contribution in [0.2, 0.25) is 0 Å². The minimum absolute atomic E-state index is 0.0516. The number of ketones is 1. The fourth-order valence-corrected chi connectivity index (χ4v) is 4.45. The summed E-state index contributed by atoms with van der Waals surface area (Å²) in [7, 11) is 0. The number of nitrogens with one attached hydrogen (secondary N) is 2. The Hall–Kier alpha value is -4.75. The maximum atomic E-state index is 13.0. The van der Waals surface area contributed by atoms with Crippen LogP contribution >= 0.6 is 0 Å². The molecule has 7 heteroatoms. The largest absolute Gasteiger partial charge is 0.459 e. The molecule has 2 N–H and O–H groups in total. The maximum Gasteiger partial charge on any atom is 0.408 e. The fraction of sp³-hybridized carbons (Fsp3) is 0.250. The van der Waals surface area contributed by atoms with E-state index in [9.17, 15) is 14.4 Å². The van der Waals surface area contributed by atoms with Gasteiger partial charge in [0.25, 0.3) is 0 Å². The van der Waals surface area contributed by atoms with E-state index in [2.05, 4.69) is 16.7 Å². The molecule has 4 rings (SSSR count). The molecule has 1 unspecified atom stereocenters. The third-order valence-corrected chi connectivity index (χ3v) is 6.56. The molecule has 0 bridgehead atoms. The van der Waals surface area contributed by atoms with Crippen molar-refractivity contribution in [3.63, 3.8) is 0 Å². The molecule has 0 aromatic heterocycles. The van der Waals surface area contributed by atoms with Crippen LogP contribution in [0.4, 0.5) is 4.79 Å². The van der Waals surface area contributed by atoms with Crippen LogP contribution in [0.15, 0.2) is 109 Å². The predicted molar refractivity (Wildman–Crippen MR) is 167 cm³/mol. The number of Topliss-reactive ketones (excluding diaryl/α,β-unsaturated/α-hetero) is 1. The maximum absolute atomic E-state index is 13.0. The molecule has 0 saturated carbocycles. The van der Waals surface area contributed by atoms with E-state index < -0.39 is 23.7 Å². The van der Waals surface area contributed by atoms with Gasteiger partial charge in [0.1, 0.15) is 18.2 Å². The molecule has 1 atom stereocenters. The summed E-state index contributed by atoms with van der Waals surface area (Å²) in [5.74, 6) is -0.486. The lowest BCUT2D eigenvalue weighted by Gasteiger charge is -2.23. The molecule has 0 aliphatic carbocycles. The topological polar surface area (TPSA) is 93.7 Å². The van der Waals surface area contributed by atoms with E-state index in [1.807, 2.05) is 103 Å². The molecule has 0 radical (unpaired) electrons. The van der Waals surface area contributed by atoms with Crippen molar-refractivity contribution in [2.75, 3.05) is 6.54 Å². The highest BCUT2D eigenvalue weighted by Gasteiger charge is 2.26. The first-order chi connectivity index (χ1) is 20.7. The first-order valence-corrected chi connectivity index (χ1v) is 14.3. The molecule has 0 aliphatic rings. The summed E-state index contributed by atoms with van der Waals surface area (Å²) in [4.78, 5) is 37.9. The zero-order chi connectivity index (χ0) is 30.7. The van der Waals surface area contributed by atoms with Gasteiger partial charge in [0.05, 0.1) is 6.54 Å². The molecule has 43 heavy (non-hydrogen) atoms. The number of benzene rings is 4. The van der Waals surface area contributed by atoms with E-state index in [1.165, 1.54) is 0 Å². The normalized spacial score (nSPS) is 11.8. The van der Waals surface area contributed by atoms with Crippen molar-refractivity contribution < 1.29 is 23.9 Å². The van der Waals surface area contributed by atoms with E-state index in [4.69, 9.17) is 9.47 Å². The van der Waals surface area contributed by atoms with Crippen molar-refractivity contribution in [2.24, 2.45) is 0 Å². The lowest BCUT2D eigenvalue weighted by Crippen LogP contribution is -2.45. The molecule has 0 fully saturated rings. The summed E-state index contributed by atoms with van der Waals surface area (Å²) in [6.45, 7) is 6.23. The minimum atomic E-state index is -0.919. The van der Waals surface area contributed by atoms with Crippen LogP contribution in [0.1, 0.15) is 47.8 Å². The molecule has 222 valence electrons. The van der Waals surface area contributed by atoms with Gasteiger partial charge in [-0.25, -0.2) is 9.59 Å². The van der Waals surface area contributed by atoms with Crippen LogP contribution in [0.5, 0.6) is 0 Å². The summed E-state index contributed by atoms with van der Waals surface area (Å²) in [5.41, 5.74) is 4.81. The third kappa shape index (κ3) is 10.2. The number of ether oxygens (including phenoxy) is 2. The van der Waals surface area contributed by atoms with Crippen LogP contribution in [0.25, 0.3) is 11.1 Å². The Morgan fingerprint density at radius 2 is 1.37 bits per heavy atom. The summed E-state index contributed by atoms with van der Waals surface area (Å²) >= 11 is 0. The van der Waals surface area contributed by atoms with Crippen LogP contribution in [0, 0.1) is 0 Å². The van der Waals surface area contributed by atoms with Crippen LogP contribution in [0.3, 0.4) is 0 Å². The lowest BCUT2D eigenvalue weighted by atomic mass is 9.99. The number of rotatable bonds is 12. The van der Waals surface area contributed by atoms with Crippen molar-refractivity contribution >= 4 is 17.8 Å². The number of alkyl carbamates (subject to hydrolysis) is 1. The molecule has 0 heterocycles. The zero-order valence-electron chi connectivity index (χ0n) is 24.8. The molecule has 0 spiro atoms. The Morgan fingerprint density at radius 3 is 2.05 bits per heavy atom. The SMILES string of the molecule is CC(C)(C)OC(=O)NC(Cc1ccc(-c2cccc(CNCC(=O)c3ccccc3)c2)cc1)C(=O)OCc1ccccc1. The number of carbonyl (C=O) groups is 3. The van der Waals surface area contributed by atoms with E-state index in [0.29, 0.717) is 12.1 Å². The van der Waals surface area contributed by atoms with Crippen molar-refractivity contribution in [1.29, 1.82) is 0 Å². The first kappa shape index (κ1) is 31.2. The van der Waals surface area contributed by atoms with Crippen LogP contribution in [-0.2, 0) is 33.8 Å². The Morgan fingerprint density at radius 1 is 0.721 bits per heavy atom. The van der Waals surface area contributed by atoms with Gasteiger partial charge in [0, 0.05) is 18.5 Å². The average Bonchev–Trinajstić information content (AvgIpc) is 3.00. The van der Waals surface area contributed by atoms with E-state index in [1.54, 1.807) is 20.8 Å². The van der Waals surface area contributed by atoms with Crippen molar-refractivity contribution in [2.45, 2.75) is 52.0 Å². The average molecular weight is 579 g/mol. The second-order valence-electron chi connectivity index (χ2n) is 11.3. The van der Waals surface area contributed by atoms with E-state index in [0.717, 1.165) is 27.8 Å². The standard InChI is InChI=1S/C36H38N2O5/c1-36(2,3)43-35(41)38-32(34(40)42-25-27-11-6-4-7-12-27)22-26-17-19-29(20-18-26)31-16-10-13-28(21-31)23-37-24-33(39)30-14-8-5-9-15-30/h4-21,32,37H,22-25H2,1-3H3,(H,38,41). The molecular formula is C36H38N2O5. The Labute approximate surface area is 253 Å². The van der Waals surface area contributed by atoms with Gasteiger partial charge in [-0.15, -0.1) is 0 Å². The lowest BCUT2D eigenvalue weighted by molar-refractivity contribution is -0.147. The van der Waals surface area contributed by atoms with Gasteiger partial charge >= 0.3 is 12.1 Å². The summed E-state index contributed by atoms with van der Waals surface area (Å²) in [5, 5.41) is 5.92. The number of hydrogen-bond donors (Lipinski definition) is 2. The van der Waals surface area contributed by atoms with E-state index in [-0.39, 0.29) is 25.4 Å². The summed E-state index contributed by atoms with van der Waals surface area (Å²) in [6, 6.07) is 33.7. The van der Waals surface area contributed by atoms with Gasteiger partial charge in [-0.1, -0.05) is 103 Å². The molecule has 7 nitrogen and oxygen atoms in total. The smallest absolute Gasteiger partial charge is 0.408 e. The van der Waals surface area contributed by atoms with Crippen LogP contribution < -0.4 is 10.6 Å². The highest BCUT2D eigenvalue weighted by molar-refractivity contribution is 5.97. The number of carbonyl (C=O) groups excluding carboxylic acids is 3. The monoisotopic (exact) mass is 578 g/mol. The summed E-state index contributed by atoms with van der Waals surface area (Å²) in [6.07, 6.45) is -0.436. The highest BCUT2D eigenvalue weighted by Crippen LogP contribution is 2.22. The number of amides is 1. The first-order valence-electron chi connectivity index (χ1n) is 14.3. The van der Waals surface area contributed by atoms with Gasteiger partial charge in [0.15, 0.2) is 5.78 Å². The highest BCUT2D eigenvalue weighted by atomic mass is 16.6. The Kier molecular flexibility index (Phi) is 10.8. The van der Waals surface area contributed by atoms with Crippen molar-refractivity contribution in [1.82, 2.24) is 10.6 Å². The second kappa shape index (κ2) is 14.9. The molecule has 0 saturated heterocycles. The number of hydrogen-bond acceptors (Lipinski definition) is 6. The molecule has 1 amide bonds. The van der Waals surface area contributed by atoms with Gasteiger partial charge in [0.2, 0.25) is 0 Å². The molecule has 0 aliphatic heterocycles. The summed E-state index contributed by atoms with van der Waals surface area (Å²) < 4.78 is 10.9. The number of esters is 1.